The molecule has 0 radical (unpaired) electrons. The second-order valence-corrected chi connectivity index (χ2v) is 9.12. The van der Waals surface area contributed by atoms with Gasteiger partial charge >= 0.3 is 0 Å². The van der Waals surface area contributed by atoms with Gasteiger partial charge in [0.15, 0.2) is 0 Å². The molecule has 6 rings (SSSR count). The largest absolute Gasteiger partial charge is 0.338 e. The predicted octanol–water partition coefficient (Wildman–Crippen LogP) is 2.56. The first-order chi connectivity index (χ1) is 12.1. The van der Waals surface area contributed by atoms with Crippen molar-refractivity contribution in [1.29, 1.82) is 0 Å². The Kier molecular flexibility index (Phi) is 3.70. The summed E-state index contributed by atoms with van der Waals surface area (Å²) in [5, 5.41) is 4.23. The van der Waals surface area contributed by atoms with Gasteiger partial charge in [-0.2, -0.15) is 5.10 Å². The lowest BCUT2D eigenvalue weighted by atomic mass is 9.52. The first kappa shape index (κ1) is 15.9. The normalized spacial score (nSPS) is 38.9. The average molecular weight is 342 g/mol. The van der Waals surface area contributed by atoms with Crippen LogP contribution in [0.1, 0.15) is 51.5 Å². The second-order valence-electron chi connectivity index (χ2n) is 9.12. The van der Waals surface area contributed by atoms with Crippen molar-refractivity contribution in [2.45, 2.75) is 57.0 Å². The number of carbonyl (C=O) groups is 1. The Morgan fingerprint density at radius 1 is 1.04 bits per heavy atom. The molecule has 0 unspecified atom stereocenters. The van der Waals surface area contributed by atoms with Crippen molar-refractivity contribution in [2.75, 3.05) is 26.2 Å². The first-order valence-corrected chi connectivity index (χ1v) is 10.2. The molecule has 5 nitrogen and oxygen atoms in total. The molecule has 1 atom stereocenters. The molecule has 136 valence electrons. The molecule has 0 aromatic carbocycles. The fourth-order valence-electron chi connectivity index (χ4n) is 6.74. The van der Waals surface area contributed by atoms with Crippen LogP contribution in [0.3, 0.4) is 0 Å². The molecule has 2 heterocycles. The lowest BCUT2D eigenvalue weighted by molar-refractivity contribution is -0.141. The van der Waals surface area contributed by atoms with Crippen LogP contribution in [-0.4, -0.2) is 57.2 Å². The standard InChI is InChI=1S/C20H30N4O/c1-15(24-4-2-3-21-24)19(25)22-5-7-23(8-6-22)20-12-16-9-17(13-20)11-18(10-16)14-20/h2-4,15-18H,5-14H2,1H3/t15-,16?,17?,18?,20?/m1/s1. The smallest absolute Gasteiger partial charge is 0.247 e. The maximum absolute atomic E-state index is 12.8. The van der Waals surface area contributed by atoms with E-state index in [2.05, 4.69) is 14.9 Å². The molecule has 4 saturated carbocycles. The third kappa shape index (κ3) is 2.62. The van der Waals surface area contributed by atoms with Gasteiger partial charge in [-0.05, 0) is 69.3 Å². The van der Waals surface area contributed by atoms with E-state index in [4.69, 9.17) is 0 Å². The van der Waals surface area contributed by atoms with Crippen LogP contribution in [0.5, 0.6) is 0 Å². The summed E-state index contributed by atoms with van der Waals surface area (Å²) in [5.74, 6) is 3.19. The minimum atomic E-state index is -0.193. The van der Waals surface area contributed by atoms with Crippen molar-refractivity contribution in [3.05, 3.63) is 18.5 Å². The molecule has 5 fully saturated rings. The number of hydrogen-bond donors (Lipinski definition) is 0. The Labute approximate surface area is 150 Å². The fraction of sp³-hybridized carbons (Fsp3) is 0.800. The highest BCUT2D eigenvalue weighted by molar-refractivity contribution is 5.80. The van der Waals surface area contributed by atoms with Crippen LogP contribution in [0.2, 0.25) is 0 Å². The van der Waals surface area contributed by atoms with Crippen LogP contribution < -0.4 is 0 Å². The summed E-state index contributed by atoms with van der Waals surface area (Å²) in [5.41, 5.74) is 0.484. The molecule has 1 aliphatic heterocycles. The quantitative estimate of drug-likeness (QED) is 0.848. The Bertz CT molecular complexity index is 597. The summed E-state index contributed by atoms with van der Waals surface area (Å²) in [7, 11) is 0. The summed E-state index contributed by atoms with van der Waals surface area (Å²) < 4.78 is 1.77. The number of amides is 1. The number of carbonyl (C=O) groups excluding carboxylic acids is 1. The molecule has 4 aliphatic carbocycles. The van der Waals surface area contributed by atoms with Crippen molar-refractivity contribution in [2.24, 2.45) is 17.8 Å². The van der Waals surface area contributed by atoms with Crippen LogP contribution in [0.4, 0.5) is 0 Å². The lowest BCUT2D eigenvalue weighted by Gasteiger charge is -2.61. The van der Waals surface area contributed by atoms with Crippen LogP contribution in [0.15, 0.2) is 18.5 Å². The minimum absolute atomic E-state index is 0.193. The van der Waals surface area contributed by atoms with Gasteiger partial charge in [0.25, 0.3) is 0 Å². The van der Waals surface area contributed by atoms with Gasteiger partial charge in [0.1, 0.15) is 6.04 Å². The molecule has 4 bridgehead atoms. The van der Waals surface area contributed by atoms with Crippen LogP contribution in [-0.2, 0) is 4.79 Å². The highest BCUT2D eigenvalue weighted by Gasteiger charge is 2.53. The van der Waals surface area contributed by atoms with Crippen molar-refractivity contribution >= 4 is 5.91 Å². The predicted molar refractivity (Wildman–Crippen MR) is 96.0 cm³/mol. The van der Waals surface area contributed by atoms with E-state index in [1.165, 1.54) is 38.5 Å². The van der Waals surface area contributed by atoms with Gasteiger partial charge in [0.2, 0.25) is 5.91 Å². The summed E-state index contributed by atoms with van der Waals surface area (Å²) in [4.78, 5) is 17.6. The van der Waals surface area contributed by atoms with Crippen LogP contribution in [0, 0.1) is 17.8 Å². The number of aromatic nitrogens is 2. The highest BCUT2D eigenvalue weighted by atomic mass is 16.2. The van der Waals surface area contributed by atoms with Gasteiger partial charge in [-0.15, -0.1) is 0 Å². The maximum Gasteiger partial charge on any atom is 0.247 e. The van der Waals surface area contributed by atoms with E-state index in [-0.39, 0.29) is 11.9 Å². The van der Waals surface area contributed by atoms with E-state index in [9.17, 15) is 4.79 Å². The summed E-state index contributed by atoms with van der Waals surface area (Å²) >= 11 is 0. The minimum Gasteiger partial charge on any atom is -0.338 e. The van der Waals surface area contributed by atoms with E-state index in [0.29, 0.717) is 5.54 Å². The lowest BCUT2D eigenvalue weighted by Crippen LogP contribution is -2.64. The second kappa shape index (κ2) is 5.83. The molecular weight excluding hydrogens is 312 g/mol. The zero-order chi connectivity index (χ0) is 17.0. The summed E-state index contributed by atoms with van der Waals surface area (Å²) in [6.07, 6.45) is 12.4. The molecule has 25 heavy (non-hydrogen) atoms. The van der Waals surface area contributed by atoms with Crippen molar-refractivity contribution < 1.29 is 4.79 Å². The molecule has 1 aromatic rings. The van der Waals surface area contributed by atoms with E-state index >= 15 is 0 Å². The van der Waals surface area contributed by atoms with E-state index in [1.54, 1.807) is 10.9 Å². The zero-order valence-electron chi connectivity index (χ0n) is 15.3. The van der Waals surface area contributed by atoms with Gasteiger partial charge in [0.05, 0.1) is 0 Å². The Balaban J connectivity index is 1.24. The van der Waals surface area contributed by atoms with Gasteiger partial charge < -0.3 is 4.90 Å². The third-order valence-electron chi connectivity index (χ3n) is 7.55. The number of nitrogens with zero attached hydrogens (tertiary/aromatic N) is 4. The van der Waals surface area contributed by atoms with Crippen LogP contribution in [0.25, 0.3) is 0 Å². The molecule has 1 aromatic heterocycles. The third-order valence-corrected chi connectivity index (χ3v) is 7.55. The Morgan fingerprint density at radius 3 is 2.16 bits per heavy atom. The van der Waals surface area contributed by atoms with Gasteiger partial charge in [-0.25, -0.2) is 0 Å². The van der Waals surface area contributed by atoms with E-state index in [0.717, 1.165) is 43.9 Å². The molecule has 1 amide bonds. The monoisotopic (exact) mass is 342 g/mol. The number of hydrogen-bond acceptors (Lipinski definition) is 3. The topological polar surface area (TPSA) is 41.4 Å². The molecule has 0 spiro atoms. The number of piperazine rings is 1. The zero-order valence-corrected chi connectivity index (χ0v) is 15.3. The van der Waals surface area contributed by atoms with Crippen molar-refractivity contribution in [1.82, 2.24) is 19.6 Å². The first-order valence-electron chi connectivity index (χ1n) is 10.2. The molecular formula is C20H30N4O. The average Bonchev–Trinajstić information content (AvgIpc) is 3.14. The Morgan fingerprint density at radius 2 is 1.64 bits per heavy atom. The molecule has 5 aliphatic rings. The maximum atomic E-state index is 12.8. The summed E-state index contributed by atoms with van der Waals surface area (Å²) in [6, 6.07) is 1.69. The number of rotatable bonds is 3. The van der Waals surface area contributed by atoms with Gasteiger partial charge in [0, 0.05) is 44.1 Å². The van der Waals surface area contributed by atoms with E-state index < -0.39 is 0 Å². The van der Waals surface area contributed by atoms with Crippen molar-refractivity contribution in [3.8, 4) is 0 Å². The van der Waals surface area contributed by atoms with Crippen molar-refractivity contribution in [3.63, 3.8) is 0 Å². The van der Waals surface area contributed by atoms with Gasteiger partial charge in [-0.3, -0.25) is 14.4 Å². The highest BCUT2D eigenvalue weighted by Crippen LogP contribution is 2.57. The summed E-state index contributed by atoms with van der Waals surface area (Å²) in [6.45, 7) is 5.84. The fourth-order valence-corrected chi connectivity index (χ4v) is 6.74. The van der Waals surface area contributed by atoms with Crippen LogP contribution >= 0.6 is 0 Å². The van der Waals surface area contributed by atoms with Gasteiger partial charge in [-0.1, -0.05) is 0 Å². The molecule has 0 N–H and O–H groups in total. The van der Waals surface area contributed by atoms with E-state index in [1.807, 2.05) is 19.2 Å². The molecule has 5 heteroatoms. The Hall–Kier alpha value is -1.36. The molecule has 1 saturated heterocycles. The SMILES string of the molecule is C[C@H](C(=O)N1CCN(C23CC4CC(CC(C4)C2)C3)CC1)n1cccn1.